The number of Topliss-reactive ketones (excluding diaryl/α,β-unsaturated/α-hetero) is 1. The minimum Gasteiger partial charge on any atom is -0.301 e. The van der Waals surface area contributed by atoms with Crippen LogP contribution in [0.1, 0.15) is 48.8 Å². The zero-order valence-electron chi connectivity index (χ0n) is 13.8. The maximum absolute atomic E-state index is 12.5. The minimum absolute atomic E-state index is 0.0428. The third-order valence-corrected chi connectivity index (χ3v) is 4.57. The van der Waals surface area contributed by atoms with Crippen LogP contribution in [0.15, 0.2) is 40.3 Å². The van der Waals surface area contributed by atoms with Gasteiger partial charge in [-0.1, -0.05) is 56.3 Å². The van der Waals surface area contributed by atoms with Gasteiger partial charge in [0.25, 0.3) is 5.56 Å². The van der Waals surface area contributed by atoms with Crippen LogP contribution in [0.4, 0.5) is 0 Å². The lowest BCUT2D eigenvalue weighted by Crippen LogP contribution is -2.16. The summed E-state index contributed by atoms with van der Waals surface area (Å²) in [5.41, 5.74) is 2.50. The summed E-state index contributed by atoms with van der Waals surface area (Å²) < 4.78 is 0. The number of nitrogens with zero attached hydrogens (tertiary/aromatic N) is 1. The van der Waals surface area contributed by atoms with Gasteiger partial charge in [-0.05, 0) is 25.3 Å². The van der Waals surface area contributed by atoms with Gasteiger partial charge in [0.05, 0.1) is 5.25 Å². The first-order valence-electron chi connectivity index (χ1n) is 7.93. The number of nitrogens with one attached hydrogen (secondary N) is 1. The topological polar surface area (TPSA) is 62.8 Å². The van der Waals surface area contributed by atoms with Crippen molar-refractivity contribution in [2.45, 2.75) is 50.4 Å². The first-order valence-corrected chi connectivity index (χ1v) is 8.81. The van der Waals surface area contributed by atoms with Gasteiger partial charge in [-0.3, -0.25) is 9.59 Å². The number of hydrogen-bond donors (Lipinski definition) is 1. The fraction of sp³-hybridized carbons (Fsp3) is 0.389. The number of rotatable bonds is 7. The predicted octanol–water partition coefficient (Wildman–Crippen LogP) is 3.65. The van der Waals surface area contributed by atoms with E-state index in [0.717, 1.165) is 25.0 Å². The third kappa shape index (κ3) is 4.79. The highest BCUT2D eigenvalue weighted by Gasteiger charge is 2.18. The average Bonchev–Trinajstić information content (AvgIpc) is 2.54. The van der Waals surface area contributed by atoms with E-state index >= 15 is 0 Å². The molecule has 0 spiro atoms. The van der Waals surface area contributed by atoms with E-state index in [4.69, 9.17) is 0 Å². The Labute approximate surface area is 140 Å². The molecule has 0 unspecified atom stereocenters. The molecule has 1 N–H and O–H groups in total. The summed E-state index contributed by atoms with van der Waals surface area (Å²) in [7, 11) is 0. The van der Waals surface area contributed by atoms with Crippen LogP contribution in [-0.2, 0) is 12.8 Å². The van der Waals surface area contributed by atoms with Crippen molar-refractivity contribution in [3.05, 3.63) is 57.5 Å². The van der Waals surface area contributed by atoms with Crippen molar-refractivity contribution in [3.63, 3.8) is 0 Å². The summed E-state index contributed by atoms with van der Waals surface area (Å²) in [4.78, 5) is 31.3. The van der Waals surface area contributed by atoms with Gasteiger partial charge in [0.15, 0.2) is 10.9 Å². The van der Waals surface area contributed by atoms with Crippen LogP contribution in [0.25, 0.3) is 0 Å². The molecule has 1 aromatic carbocycles. The Morgan fingerprint density at radius 3 is 2.57 bits per heavy atom. The highest BCUT2D eigenvalue weighted by molar-refractivity contribution is 8.00. The summed E-state index contributed by atoms with van der Waals surface area (Å²) >= 11 is 1.29. The predicted molar refractivity (Wildman–Crippen MR) is 94.3 cm³/mol. The van der Waals surface area contributed by atoms with Crippen LogP contribution in [0.2, 0.25) is 0 Å². The van der Waals surface area contributed by atoms with Gasteiger partial charge in [0, 0.05) is 17.3 Å². The third-order valence-electron chi connectivity index (χ3n) is 3.58. The van der Waals surface area contributed by atoms with Crippen LogP contribution in [0.5, 0.6) is 0 Å². The fourth-order valence-corrected chi connectivity index (χ4v) is 3.19. The molecule has 0 bridgehead atoms. The molecular weight excluding hydrogens is 308 g/mol. The summed E-state index contributed by atoms with van der Waals surface area (Å²) in [6.45, 7) is 5.97. The number of aromatic amines is 1. The van der Waals surface area contributed by atoms with Gasteiger partial charge in [0.2, 0.25) is 0 Å². The molecule has 1 atom stereocenters. The molecule has 0 aliphatic carbocycles. The molecule has 0 amide bonds. The molecule has 0 aliphatic heterocycles. The van der Waals surface area contributed by atoms with E-state index in [2.05, 4.69) is 16.9 Å². The van der Waals surface area contributed by atoms with Crippen molar-refractivity contribution in [1.29, 1.82) is 0 Å². The Morgan fingerprint density at radius 2 is 1.96 bits per heavy atom. The van der Waals surface area contributed by atoms with Gasteiger partial charge in [-0.25, -0.2) is 4.98 Å². The van der Waals surface area contributed by atoms with Crippen LogP contribution in [-0.4, -0.2) is 21.0 Å². The summed E-state index contributed by atoms with van der Waals surface area (Å²) in [6, 6.07) is 9.20. The molecule has 23 heavy (non-hydrogen) atoms. The molecule has 2 aromatic rings. The highest BCUT2D eigenvalue weighted by Crippen LogP contribution is 2.22. The molecule has 1 heterocycles. The quantitative estimate of drug-likeness (QED) is 0.478. The van der Waals surface area contributed by atoms with Crippen molar-refractivity contribution in [3.8, 4) is 0 Å². The Kier molecular flexibility index (Phi) is 6.16. The fourth-order valence-electron chi connectivity index (χ4n) is 2.28. The van der Waals surface area contributed by atoms with Crippen molar-refractivity contribution >= 4 is 17.5 Å². The molecule has 122 valence electrons. The molecule has 0 fully saturated rings. The number of aryl methyl sites for hydroxylation is 2. The van der Waals surface area contributed by atoms with Crippen molar-refractivity contribution in [2.24, 2.45) is 0 Å². The van der Waals surface area contributed by atoms with Gasteiger partial charge in [-0.2, -0.15) is 0 Å². The van der Waals surface area contributed by atoms with Gasteiger partial charge in [-0.15, -0.1) is 0 Å². The van der Waals surface area contributed by atoms with Crippen molar-refractivity contribution in [1.82, 2.24) is 9.97 Å². The normalized spacial score (nSPS) is 12.1. The molecular formula is C18H22N2O2S. The largest absolute Gasteiger partial charge is 0.301 e. The van der Waals surface area contributed by atoms with E-state index in [1.54, 1.807) is 0 Å². The smallest absolute Gasteiger partial charge is 0.251 e. The van der Waals surface area contributed by atoms with E-state index in [9.17, 15) is 9.59 Å². The lowest BCUT2D eigenvalue weighted by molar-refractivity contribution is 0.0994. The summed E-state index contributed by atoms with van der Waals surface area (Å²) in [5.74, 6) is 0.0428. The second-order valence-corrected chi connectivity index (χ2v) is 6.80. The lowest BCUT2D eigenvalue weighted by Gasteiger charge is -2.10. The molecule has 0 radical (unpaired) electrons. The number of ketones is 1. The number of carbonyl (C=O) groups excluding carboxylic acids is 1. The monoisotopic (exact) mass is 330 g/mol. The Bertz CT molecular complexity index is 723. The number of carbonyl (C=O) groups is 1. The highest BCUT2D eigenvalue weighted by atomic mass is 32.2. The zero-order chi connectivity index (χ0) is 16.8. The van der Waals surface area contributed by atoms with E-state index in [-0.39, 0.29) is 16.6 Å². The number of thioether (sulfide) groups is 1. The average molecular weight is 330 g/mol. The molecule has 0 saturated carbocycles. The van der Waals surface area contributed by atoms with E-state index < -0.39 is 0 Å². The van der Waals surface area contributed by atoms with E-state index in [0.29, 0.717) is 10.7 Å². The van der Waals surface area contributed by atoms with E-state index in [1.165, 1.54) is 23.4 Å². The Balaban J connectivity index is 2.12. The maximum atomic E-state index is 12.5. The number of hydrogen-bond acceptors (Lipinski definition) is 4. The second kappa shape index (κ2) is 8.11. The first-order chi connectivity index (χ1) is 11.0. The van der Waals surface area contributed by atoms with Gasteiger partial charge < -0.3 is 4.98 Å². The van der Waals surface area contributed by atoms with Crippen LogP contribution in [0.3, 0.4) is 0 Å². The Morgan fingerprint density at radius 1 is 1.26 bits per heavy atom. The van der Waals surface area contributed by atoms with Crippen LogP contribution in [0, 0.1) is 0 Å². The molecule has 4 nitrogen and oxygen atoms in total. The van der Waals surface area contributed by atoms with Crippen molar-refractivity contribution < 1.29 is 4.79 Å². The second-order valence-electron chi connectivity index (χ2n) is 5.47. The molecule has 0 saturated heterocycles. The van der Waals surface area contributed by atoms with Gasteiger partial charge in [0.1, 0.15) is 0 Å². The SMILES string of the molecule is CCCc1cc(=O)[nH]c(S[C@@H](C)C(=O)c2ccc(CC)cc2)n1. The minimum atomic E-state index is -0.303. The molecule has 1 aromatic heterocycles. The first kappa shape index (κ1) is 17.5. The van der Waals surface area contributed by atoms with E-state index in [1.807, 2.05) is 38.1 Å². The summed E-state index contributed by atoms with van der Waals surface area (Å²) in [5, 5.41) is 0.203. The molecule has 2 rings (SSSR count). The van der Waals surface area contributed by atoms with Crippen LogP contribution < -0.4 is 5.56 Å². The number of H-pyrrole nitrogens is 1. The van der Waals surface area contributed by atoms with Gasteiger partial charge >= 0.3 is 0 Å². The maximum Gasteiger partial charge on any atom is 0.251 e. The Hall–Kier alpha value is -1.88. The molecule has 5 heteroatoms. The number of benzene rings is 1. The van der Waals surface area contributed by atoms with Crippen LogP contribution >= 0.6 is 11.8 Å². The standard InChI is InChI=1S/C18H22N2O2S/c1-4-6-15-11-16(21)20-18(19-15)23-12(3)17(22)14-9-7-13(5-2)8-10-14/h7-12H,4-6H2,1-3H3,(H,19,20,21)/t12-/m0/s1. The van der Waals surface area contributed by atoms with Crippen molar-refractivity contribution in [2.75, 3.05) is 0 Å². The number of aromatic nitrogens is 2. The molecule has 0 aliphatic rings. The zero-order valence-corrected chi connectivity index (χ0v) is 14.6. The lowest BCUT2D eigenvalue weighted by atomic mass is 10.1. The summed E-state index contributed by atoms with van der Waals surface area (Å²) in [6.07, 6.45) is 2.64.